The number of hydroxylamine groups is 1. The molecule has 0 aromatic rings. The summed E-state index contributed by atoms with van der Waals surface area (Å²) in [7, 11) is 1.22. The molecule has 0 bridgehead atoms. The van der Waals surface area contributed by atoms with E-state index in [1.807, 2.05) is 0 Å². The minimum Gasteiger partial charge on any atom is -0.467 e. The fourth-order valence-electron chi connectivity index (χ4n) is 0.644. The van der Waals surface area contributed by atoms with Crippen molar-refractivity contribution in [1.82, 2.24) is 5.48 Å². The summed E-state index contributed by atoms with van der Waals surface area (Å²) in [4.78, 5) is 37.2. The van der Waals surface area contributed by atoms with Crippen molar-refractivity contribution < 1.29 is 24.0 Å². The Morgan fingerprint density at radius 3 is 2.50 bits per heavy atom. The third kappa shape index (κ3) is 7.24. The number of carbonyl (C=O) groups excluding carboxylic acids is 3. The van der Waals surface area contributed by atoms with E-state index in [2.05, 4.69) is 15.1 Å². The van der Waals surface area contributed by atoms with Crippen LogP contribution in [0.4, 0.5) is 0 Å². The van der Waals surface area contributed by atoms with Crippen molar-refractivity contribution in [3.63, 3.8) is 0 Å². The van der Waals surface area contributed by atoms with Crippen LogP contribution < -0.4 is 5.48 Å². The van der Waals surface area contributed by atoms with Crippen LogP contribution in [0.2, 0.25) is 0 Å². The molecule has 0 aliphatic heterocycles. The van der Waals surface area contributed by atoms with Crippen LogP contribution in [0, 0.1) is 5.92 Å². The molecular formula is C9H15NO5S. The first-order chi connectivity index (χ1) is 7.47. The molecule has 1 N–H and O–H groups in total. The molecule has 0 aliphatic rings. The van der Waals surface area contributed by atoms with Crippen molar-refractivity contribution in [1.29, 1.82) is 0 Å². The lowest BCUT2D eigenvalue weighted by Crippen LogP contribution is -2.32. The van der Waals surface area contributed by atoms with Gasteiger partial charge in [-0.25, -0.2) is 10.3 Å². The zero-order valence-corrected chi connectivity index (χ0v) is 10.3. The third-order valence-corrected chi connectivity index (χ3v) is 2.65. The normalized spacial score (nSPS) is 11.7. The Labute approximate surface area is 98.0 Å². The molecule has 0 saturated heterocycles. The second-order valence-electron chi connectivity index (χ2n) is 3.03. The van der Waals surface area contributed by atoms with Crippen LogP contribution in [0.3, 0.4) is 0 Å². The van der Waals surface area contributed by atoms with Crippen LogP contribution in [-0.4, -0.2) is 36.5 Å². The summed E-state index contributed by atoms with van der Waals surface area (Å²) in [6.07, 6.45) is 0. The molecule has 0 heterocycles. The maximum Gasteiger partial charge on any atom is 0.334 e. The lowest BCUT2D eigenvalue weighted by molar-refractivity contribution is -0.153. The van der Waals surface area contributed by atoms with Crippen molar-refractivity contribution in [3.05, 3.63) is 0 Å². The molecule has 0 fully saturated rings. The third-order valence-electron chi connectivity index (χ3n) is 1.57. The molecule has 0 spiro atoms. The molecule has 0 saturated carbocycles. The molecule has 0 unspecified atom stereocenters. The van der Waals surface area contributed by atoms with Crippen LogP contribution in [0.5, 0.6) is 0 Å². The highest BCUT2D eigenvalue weighted by molar-refractivity contribution is 8.13. The highest BCUT2D eigenvalue weighted by atomic mass is 32.2. The molecule has 7 heteroatoms. The van der Waals surface area contributed by atoms with Crippen LogP contribution >= 0.6 is 11.8 Å². The zero-order chi connectivity index (χ0) is 12.6. The molecule has 0 aromatic carbocycles. The Bertz CT molecular complexity index is 269. The first-order valence-electron chi connectivity index (χ1n) is 4.59. The molecule has 16 heavy (non-hydrogen) atoms. The lowest BCUT2D eigenvalue weighted by atomic mass is 10.2. The summed E-state index contributed by atoms with van der Waals surface area (Å²) in [6.45, 7) is 2.75. The van der Waals surface area contributed by atoms with Gasteiger partial charge >= 0.3 is 5.97 Å². The summed E-state index contributed by atoms with van der Waals surface area (Å²) >= 11 is 1.07. The minimum atomic E-state index is -0.578. The van der Waals surface area contributed by atoms with Gasteiger partial charge in [-0.1, -0.05) is 18.7 Å². The average Bonchev–Trinajstić information content (AvgIpc) is 2.25. The molecule has 92 valence electrons. The Balaban J connectivity index is 3.71. The van der Waals surface area contributed by atoms with Crippen LogP contribution in [-0.2, 0) is 24.0 Å². The Kier molecular flexibility index (Phi) is 7.57. The van der Waals surface area contributed by atoms with E-state index < -0.39 is 5.97 Å². The molecule has 1 amide bonds. The molecule has 0 aliphatic carbocycles. The number of esters is 1. The minimum absolute atomic E-state index is 0.0462. The van der Waals surface area contributed by atoms with Gasteiger partial charge in [0, 0.05) is 18.6 Å². The smallest absolute Gasteiger partial charge is 0.334 e. The number of ether oxygens (including phenoxy) is 1. The number of amides is 1. The van der Waals surface area contributed by atoms with Crippen molar-refractivity contribution in [3.8, 4) is 0 Å². The Morgan fingerprint density at radius 2 is 2.00 bits per heavy atom. The van der Waals surface area contributed by atoms with Crippen molar-refractivity contribution in [2.24, 2.45) is 5.92 Å². The summed E-state index contributed by atoms with van der Waals surface area (Å²) in [5.74, 6) is -0.946. The van der Waals surface area contributed by atoms with E-state index in [0.717, 1.165) is 11.8 Å². The van der Waals surface area contributed by atoms with Gasteiger partial charge in [-0.3, -0.25) is 14.4 Å². The standard InChI is InChI=1S/C9H15NO5S/c1-6(5-16-7(2)11)9(13)10-15-4-8(12)14-3/h6H,4-5H2,1-3H3,(H,10,13)/t6-/m1/s1. The van der Waals surface area contributed by atoms with Gasteiger partial charge in [0.2, 0.25) is 5.91 Å². The first kappa shape index (κ1) is 14.9. The summed E-state index contributed by atoms with van der Waals surface area (Å²) < 4.78 is 4.31. The summed E-state index contributed by atoms with van der Waals surface area (Å²) in [6, 6.07) is 0. The molecule has 6 nitrogen and oxygen atoms in total. The van der Waals surface area contributed by atoms with Crippen molar-refractivity contribution in [2.45, 2.75) is 13.8 Å². The van der Waals surface area contributed by atoms with Gasteiger partial charge in [-0.15, -0.1) is 0 Å². The highest BCUT2D eigenvalue weighted by Gasteiger charge is 2.14. The summed E-state index contributed by atoms with van der Waals surface area (Å²) in [5.41, 5.74) is 2.11. The van der Waals surface area contributed by atoms with Crippen LogP contribution in [0.15, 0.2) is 0 Å². The topological polar surface area (TPSA) is 81.7 Å². The molecule has 1 atom stereocenters. The van der Waals surface area contributed by atoms with E-state index in [4.69, 9.17) is 0 Å². The quantitative estimate of drug-likeness (QED) is 0.532. The number of hydrogen-bond acceptors (Lipinski definition) is 6. The van der Waals surface area contributed by atoms with Gasteiger partial charge in [0.05, 0.1) is 7.11 Å². The van der Waals surface area contributed by atoms with E-state index in [-0.39, 0.29) is 23.5 Å². The van der Waals surface area contributed by atoms with Gasteiger partial charge in [0.25, 0.3) is 0 Å². The predicted molar refractivity (Wildman–Crippen MR) is 58.4 cm³/mol. The second-order valence-corrected chi connectivity index (χ2v) is 4.23. The monoisotopic (exact) mass is 249 g/mol. The van der Waals surface area contributed by atoms with Gasteiger partial charge in [0.1, 0.15) is 0 Å². The average molecular weight is 249 g/mol. The van der Waals surface area contributed by atoms with Crippen LogP contribution in [0.25, 0.3) is 0 Å². The molecular weight excluding hydrogens is 234 g/mol. The maximum absolute atomic E-state index is 11.3. The van der Waals surface area contributed by atoms with E-state index >= 15 is 0 Å². The molecule has 0 radical (unpaired) electrons. The summed E-state index contributed by atoms with van der Waals surface area (Å²) in [5, 5.41) is -0.0462. The Hall–Kier alpha value is -1.08. The second kappa shape index (κ2) is 8.12. The van der Waals surface area contributed by atoms with Gasteiger partial charge in [-0.05, 0) is 0 Å². The van der Waals surface area contributed by atoms with Crippen LogP contribution in [0.1, 0.15) is 13.8 Å². The van der Waals surface area contributed by atoms with E-state index in [1.165, 1.54) is 14.0 Å². The number of rotatable bonds is 6. The fourth-order valence-corrected chi connectivity index (χ4v) is 1.28. The van der Waals surface area contributed by atoms with Gasteiger partial charge < -0.3 is 4.74 Å². The number of methoxy groups -OCH3 is 1. The lowest BCUT2D eigenvalue weighted by Gasteiger charge is -2.10. The van der Waals surface area contributed by atoms with Crippen molar-refractivity contribution in [2.75, 3.05) is 19.5 Å². The first-order valence-corrected chi connectivity index (χ1v) is 5.57. The van der Waals surface area contributed by atoms with Gasteiger partial charge in [0.15, 0.2) is 11.7 Å². The number of thioether (sulfide) groups is 1. The fraction of sp³-hybridized carbons (Fsp3) is 0.667. The highest BCUT2D eigenvalue weighted by Crippen LogP contribution is 2.08. The van der Waals surface area contributed by atoms with E-state index in [0.29, 0.717) is 5.75 Å². The number of nitrogens with one attached hydrogen (secondary N) is 1. The van der Waals surface area contributed by atoms with Crippen molar-refractivity contribution >= 4 is 28.8 Å². The number of carbonyl (C=O) groups is 3. The molecule has 0 rings (SSSR count). The molecule has 0 aromatic heterocycles. The SMILES string of the molecule is COC(=O)CONC(=O)[C@H](C)CSC(C)=O. The number of hydrogen-bond donors (Lipinski definition) is 1. The Morgan fingerprint density at radius 1 is 1.38 bits per heavy atom. The van der Waals surface area contributed by atoms with E-state index in [9.17, 15) is 14.4 Å². The zero-order valence-electron chi connectivity index (χ0n) is 9.44. The maximum atomic E-state index is 11.3. The largest absolute Gasteiger partial charge is 0.467 e. The van der Waals surface area contributed by atoms with Gasteiger partial charge in [-0.2, -0.15) is 0 Å². The predicted octanol–water partition coefficient (Wildman–Crippen LogP) is 0.123. The van der Waals surface area contributed by atoms with E-state index in [1.54, 1.807) is 6.92 Å².